The number of rotatable bonds is 14. The highest BCUT2D eigenvalue weighted by Gasteiger charge is 2.60. The predicted octanol–water partition coefficient (Wildman–Crippen LogP) is 7.26. The standard InChI is InChI=1S/C20H31NO3.C19H29NO4.CO2/c1-6-20(21(7-2)18(22)24-19(3,4)5)13-17(20)15-23-14-16-11-9-8-10-12-16;1-5-20(17(22)24-18(2,3)4)19(14-21)11-16(19)13-23-12-15-9-7-6-8-10-15;2-1-3/h8-12,17H,6-7,13-15H2,1-5H3;6-10,16,21H,5,11-14H2,1-4H3;/t17-,20+;16-,19-;/m00./s1. The van der Waals surface area contributed by atoms with Gasteiger partial charge in [0, 0.05) is 24.9 Å². The summed E-state index contributed by atoms with van der Waals surface area (Å²) >= 11 is 0. The van der Waals surface area contributed by atoms with Crippen LogP contribution in [-0.4, -0.2) is 88.4 Å². The average Bonchev–Trinajstić information content (AvgIpc) is 3.97. The summed E-state index contributed by atoms with van der Waals surface area (Å²) in [5, 5.41) is 9.89. The molecule has 11 nitrogen and oxygen atoms in total. The lowest BCUT2D eigenvalue weighted by Crippen LogP contribution is -2.48. The summed E-state index contributed by atoms with van der Waals surface area (Å²) < 4.78 is 22.7. The molecule has 0 radical (unpaired) electrons. The summed E-state index contributed by atoms with van der Waals surface area (Å²) in [6.07, 6.45) is 2.33. The number of carbonyl (C=O) groups excluding carboxylic acids is 4. The lowest BCUT2D eigenvalue weighted by atomic mass is 10.1. The maximum absolute atomic E-state index is 12.5. The Morgan fingerprint density at radius 3 is 1.39 bits per heavy atom. The van der Waals surface area contributed by atoms with Gasteiger partial charge in [-0.25, -0.2) is 9.59 Å². The van der Waals surface area contributed by atoms with Gasteiger partial charge in [0.25, 0.3) is 0 Å². The quantitative estimate of drug-likeness (QED) is 0.215. The summed E-state index contributed by atoms with van der Waals surface area (Å²) in [6, 6.07) is 20.2. The van der Waals surface area contributed by atoms with Gasteiger partial charge in [0.1, 0.15) is 11.2 Å². The molecular weight excluding hydrogens is 652 g/mol. The number of amides is 2. The van der Waals surface area contributed by atoms with Crippen LogP contribution in [0.4, 0.5) is 9.59 Å². The van der Waals surface area contributed by atoms with Gasteiger partial charge in [0.2, 0.25) is 0 Å². The molecule has 0 spiro atoms. The van der Waals surface area contributed by atoms with E-state index in [2.05, 4.69) is 19.1 Å². The minimum Gasteiger partial charge on any atom is -0.444 e. The molecule has 0 aliphatic heterocycles. The summed E-state index contributed by atoms with van der Waals surface area (Å²) in [5.41, 5.74) is 0.636. The van der Waals surface area contributed by atoms with E-state index in [0.717, 1.165) is 24.8 Å². The van der Waals surface area contributed by atoms with Crippen molar-refractivity contribution in [3.05, 3.63) is 71.8 Å². The van der Waals surface area contributed by atoms with Crippen LogP contribution < -0.4 is 0 Å². The number of nitrogens with zero attached hydrogens (tertiary/aromatic N) is 2. The Hall–Kier alpha value is -3.76. The molecule has 4 atom stereocenters. The molecule has 11 heteroatoms. The topological polar surface area (TPSA) is 132 Å². The zero-order valence-corrected chi connectivity index (χ0v) is 32.1. The summed E-state index contributed by atoms with van der Waals surface area (Å²) in [6.45, 7) is 20.8. The van der Waals surface area contributed by atoms with Crippen molar-refractivity contribution in [3.8, 4) is 0 Å². The van der Waals surface area contributed by atoms with Crippen LogP contribution in [0.1, 0.15) is 92.7 Å². The van der Waals surface area contributed by atoms with Crippen molar-refractivity contribution in [1.29, 1.82) is 0 Å². The van der Waals surface area contributed by atoms with Gasteiger partial charge < -0.3 is 33.9 Å². The monoisotopic (exact) mass is 712 g/mol. The molecule has 0 bridgehead atoms. The first-order valence-corrected chi connectivity index (χ1v) is 17.9. The van der Waals surface area contributed by atoms with E-state index in [0.29, 0.717) is 45.4 Å². The number of likely N-dealkylation sites (N-methyl/N-ethyl adjacent to an activating group) is 1. The highest BCUT2D eigenvalue weighted by molar-refractivity contribution is 5.70. The third-order valence-electron chi connectivity index (χ3n) is 9.08. The van der Waals surface area contributed by atoms with Gasteiger partial charge >= 0.3 is 18.3 Å². The number of aliphatic hydroxyl groups is 1. The molecule has 2 fully saturated rings. The molecular formula is C40H60N2O9. The van der Waals surface area contributed by atoms with Crippen molar-refractivity contribution in [2.24, 2.45) is 11.8 Å². The smallest absolute Gasteiger partial charge is 0.410 e. The van der Waals surface area contributed by atoms with E-state index in [1.165, 1.54) is 5.56 Å². The van der Waals surface area contributed by atoms with Crippen molar-refractivity contribution in [2.75, 3.05) is 32.9 Å². The molecule has 51 heavy (non-hydrogen) atoms. The molecule has 0 heterocycles. The molecule has 1 N–H and O–H groups in total. The van der Waals surface area contributed by atoms with Crippen molar-refractivity contribution in [2.45, 2.75) is 117 Å². The highest BCUT2D eigenvalue weighted by atomic mass is 16.6. The van der Waals surface area contributed by atoms with E-state index >= 15 is 0 Å². The largest absolute Gasteiger partial charge is 0.444 e. The zero-order valence-electron chi connectivity index (χ0n) is 32.1. The SMILES string of the molecule is CCN(C(=O)OC(C)(C)C)[C@]1(CC)C[C@H]1COCc1ccccc1.CCN(C(=O)OC(C)(C)C)[C@]1(CO)C[C@H]1COCc1ccccc1.O=C=O. The van der Waals surface area contributed by atoms with E-state index in [4.69, 9.17) is 28.5 Å². The molecule has 0 saturated heterocycles. The van der Waals surface area contributed by atoms with Gasteiger partial charge in [-0.15, -0.1) is 0 Å². The maximum Gasteiger partial charge on any atom is 0.410 e. The van der Waals surface area contributed by atoms with E-state index in [-0.39, 0.29) is 36.4 Å². The van der Waals surface area contributed by atoms with Crippen LogP contribution in [0, 0.1) is 11.8 Å². The minimum atomic E-state index is -0.548. The van der Waals surface area contributed by atoms with E-state index in [9.17, 15) is 14.7 Å². The second-order valence-electron chi connectivity index (χ2n) is 15.1. The zero-order chi connectivity index (χ0) is 38.3. The number of carbonyl (C=O) groups is 2. The Bertz CT molecular complexity index is 1270. The average molecular weight is 713 g/mol. The van der Waals surface area contributed by atoms with Crippen LogP contribution in [0.2, 0.25) is 0 Å². The highest BCUT2D eigenvalue weighted by Crippen LogP contribution is 2.52. The summed E-state index contributed by atoms with van der Waals surface area (Å²) in [4.78, 5) is 44.8. The van der Waals surface area contributed by atoms with E-state index < -0.39 is 16.7 Å². The number of benzene rings is 2. The van der Waals surface area contributed by atoms with Crippen molar-refractivity contribution in [3.63, 3.8) is 0 Å². The molecule has 2 amide bonds. The maximum atomic E-state index is 12.5. The Morgan fingerprint density at radius 1 is 0.706 bits per heavy atom. The third kappa shape index (κ3) is 13.4. The van der Waals surface area contributed by atoms with Crippen LogP contribution in [0.5, 0.6) is 0 Å². The van der Waals surface area contributed by atoms with Gasteiger partial charge in [-0.3, -0.25) is 0 Å². The number of aliphatic hydroxyl groups excluding tert-OH is 1. The first-order chi connectivity index (χ1) is 24.1. The van der Waals surface area contributed by atoms with Gasteiger partial charge in [-0.05, 0) is 85.8 Å². The van der Waals surface area contributed by atoms with Gasteiger partial charge in [-0.1, -0.05) is 67.6 Å². The Balaban J connectivity index is 0.000000328. The molecule has 4 rings (SSSR count). The lowest BCUT2D eigenvalue weighted by Gasteiger charge is -2.33. The van der Waals surface area contributed by atoms with Crippen LogP contribution in [0.25, 0.3) is 0 Å². The van der Waals surface area contributed by atoms with E-state index in [1.54, 1.807) is 4.90 Å². The number of ether oxygens (including phenoxy) is 4. The van der Waals surface area contributed by atoms with Gasteiger partial charge in [0.15, 0.2) is 0 Å². The molecule has 2 aliphatic carbocycles. The van der Waals surface area contributed by atoms with Crippen LogP contribution in [0.15, 0.2) is 60.7 Å². The first kappa shape index (κ1) is 43.4. The van der Waals surface area contributed by atoms with Crippen molar-refractivity contribution < 1.29 is 43.2 Å². The lowest BCUT2D eigenvalue weighted by molar-refractivity contribution is -0.191. The molecule has 2 aromatic carbocycles. The predicted molar refractivity (Wildman–Crippen MR) is 193 cm³/mol. The second kappa shape index (κ2) is 19.7. The fraction of sp³-hybridized carbons (Fsp3) is 0.625. The van der Waals surface area contributed by atoms with Crippen molar-refractivity contribution in [1.82, 2.24) is 9.80 Å². The first-order valence-electron chi connectivity index (χ1n) is 17.9. The van der Waals surface area contributed by atoms with Crippen LogP contribution >= 0.6 is 0 Å². The molecule has 2 aliphatic rings. The summed E-state index contributed by atoms with van der Waals surface area (Å²) in [7, 11) is 0. The fourth-order valence-electron chi connectivity index (χ4n) is 6.40. The number of hydrogen-bond acceptors (Lipinski definition) is 9. The Morgan fingerprint density at radius 2 is 1.06 bits per heavy atom. The fourth-order valence-corrected chi connectivity index (χ4v) is 6.40. The van der Waals surface area contributed by atoms with Crippen molar-refractivity contribution >= 4 is 18.3 Å². The second-order valence-corrected chi connectivity index (χ2v) is 15.1. The molecule has 2 aromatic rings. The Labute approximate surface area is 304 Å². The number of hydrogen-bond donors (Lipinski definition) is 1. The molecule has 2 saturated carbocycles. The van der Waals surface area contributed by atoms with Crippen LogP contribution in [-0.2, 0) is 41.8 Å². The van der Waals surface area contributed by atoms with Crippen LogP contribution in [0.3, 0.4) is 0 Å². The Kier molecular flexibility index (Phi) is 16.8. The normalized spacial score (nSPS) is 21.8. The van der Waals surface area contributed by atoms with E-state index in [1.807, 2.05) is 109 Å². The third-order valence-corrected chi connectivity index (χ3v) is 9.08. The summed E-state index contributed by atoms with van der Waals surface area (Å²) in [5.74, 6) is 0.525. The van der Waals surface area contributed by atoms with Gasteiger partial charge in [0.05, 0.1) is 44.1 Å². The molecule has 0 unspecified atom stereocenters. The minimum absolute atomic E-state index is 0.0700. The molecule has 0 aromatic heterocycles. The van der Waals surface area contributed by atoms with Gasteiger partial charge in [-0.2, -0.15) is 9.59 Å². The molecule has 284 valence electrons.